The number of nitrogens with two attached hydrogens (primary N) is 1. The van der Waals surface area contributed by atoms with Crippen LogP contribution in [0.4, 0.5) is 0 Å². The molecule has 1 unspecified atom stereocenters. The largest absolute Gasteiger partial charge is 0.496 e. The topological polar surface area (TPSA) is 84.6 Å². The molecule has 0 amide bonds. The van der Waals surface area contributed by atoms with Gasteiger partial charge in [0.05, 0.1) is 13.5 Å². The van der Waals surface area contributed by atoms with Gasteiger partial charge in [0, 0.05) is 19.1 Å². The maximum absolute atomic E-state index is 10.5. The highest BCUT2D eigenvalue weighted by atomic mass is 16.5. The van der Waals surface area contributed by atoms with Crippen molar-refractivity contribution in [2.75, 3.05) is 13.7 Å². The maximum Gasteiger partial charge on any atom is 0.304 e. The van der Waals surface area contributed by atoms with Crippen LogP contribution in [-0.2, 0) is 11.3 Å². The SMILES string of the molecule is COc1ccc(CNCC(N)CC(=O)O)c(C)c1C. The van der Waals surface area contributed by atoms with Crippen molar-refractivity contribution >= 4 is 5.97 Å². The average molecular weight is 266 g/mol. The molecule has 0 aromatic heterocycles. The third kappa shape index (κ3) is 4.54. The predicted molar refractivity (Wildman–Crippen MR) is 74.4 cm³/mol. The van der Waals surface area contributed by atoms with Gasteiger partial charge >= 0.3 is 5.97 Å². The molecule has 0 radical (unpaired) electrons. The van der Waals surface area contributed by atoms with Gasteiger partial charge in [0.2, 0.25) is 0 Å². The van der Waals surface area contributed by atoms with Crippen LogP contribution in [0.2, 0.25) is 0 Å². The van der Waals surface area contributed by atoms with E-state index in [0.717, 1.165) is 11.3 Å². The molecule has 1 rings (SSSR count). The summed E-state index contributed by atoms with van der Waals surface area (Å²) in [7, 11) is 1.66. The van der Waals surface area contributed by atoms with Crippen molar-refractivity contribution in [2.24, 2.45) is 5.73 Å². The van der Waals surface area contributed by atoms with Crippen molar-refractivity contribution < 1.29 is 14.6 Å². The average Bonchev–Trinajstić information content (AvgIpc) is 2.34. The monoisotopic (exact) mass is 266 g/mol. The smallest absolute Gasteiger partial charge is 0.304 e. The van der Waals surface area contributed by atoms with Crippen LogP contribution in [-0.4, -0.2) is 30.8 Å². The minimum atomic E-state index is -0.870. The first kappa shape index (κ1) is 15.5. The number of carboxylic acid groups (broad SMARTS) is 1. The van der Waals surface area contributed by atoms with E-state index >= 15 is 0 Å². The van der Waals surface area contributed by atoms with Crippen LogP contribution in [0.1, 0.15) is 23.1 Å². The van der Waals surface area contributed by atoms with Gasteiger partial charge in [-0.3, -0.25) is 4.79 Å². The Labute approximate surface area is 113 Å². The summed E-state index contributed by atoms with van der Waals surface area (Å²) < 4.78 is 5.26. The van der Waals surface area contributed by atoms with Gasteiger partial charge in [0.15, 0.2) is 0 Å². The van der Waals surface area contributed by atoms with E-state index in [0.29, 0.717) is 13.1 Å². The van der Waals surface area contributed by atoms with Crippen molar-refractivity contribution in [1.82, 2.24) is 5.32 Å². The number of aliphatic carboxylic acids is 1. The molecular weight excluding hydrogens is 244 g/mol. The molecule has 4 N–H and O–H groups in total. The Morgan fingerprint density at radius 3 is 2.68 bits per heavy atom. The molecule has 0 aliphatic rings. The zero-order valence-electron chi connectivity index (χ0n) is 11.7. The number of rotatable bonds is 7. The van der Waals surface area contributed by atoms with E-state index in [-0.39, 0.29) is 12.5 Å². The molecular formula is C14H22N2O3. The number of carboxylic acids is 1. The highest BCUT2D eigenvalue weighted by Crippen LogP contribution is 2.23. The first-order valence-corrected chi connectivity index (χ1v) is 6.26. The summed E-state index contributed by atoms with van der Waals surface area (Å²) in [5.74, 6) is 0.00889. The van der Waals surface area contributed by atoms with Crippen molar-refractivity contribution in [1.29, 1.82) is 0 Å². The summed E-state index contributed by atoms with van der Waals surface area (Å²) in [6, 6.07) is 3.59. The van der Waals surface area contributed by atoms with Gasteiger partial charge in [-0.1, -0.05) is 6.07 Å². The van der Waals surface area contributed by atoms with E-state index in [1.807, 2.05) is 26.0 Å². The number of nitrogens with one attached hydrogen (secondary N) is 1. The first-order valence-electron chi connectivity index (χ1n) is 6.26. The lowest BCUT2D eigenvalue weighted by molar-refractivity contribution is -0.137. The van der Waals surface area contributed by atoms with Crippen LogP contribution >= 0.6 is 0 Å². The number of benzene rings is 1. The second-order valence-corrected chi connectivity index (χ2v) is 4.67. The molecule has 0 spiro atoms. The Balaban J connectivity index is 2.54. The first-order chi connectivity index (χ1) is 8.95. The summed E-state index contributed by atoms with van der Waals surface area (Å²) in [5.41, 5.74) is 9.16. The molecule has 0 heterocycles. The molecule has 0 fully saturated rings. The Morgan fingerprint density at radius 1 is 1.42 bits per heavy atom. The quantitative estimate of drug-likeness (QED) is 0.690. The minimum absolute atomic E-state index is 0.0202. The van der Waals surface area contributed by atoms with Gasteiger partial charge in [-0.25, -0.2) is 0 Å². The predicted octanol–water partition coefficient (Wildman–Crippen LogP) is 1.20. The Bertz CT molecular complexity index is 447. The molecule has 0 aliphatic carbocycles. The minimum Gasteiger partial charge on any atom is -0.496 e. The highest BCUT2D eigenvalue weighted by Gasteiger charge is 2.09. The number of ether oxygens (including phenoxy) is 1. The molecule has 5 nitrogen and oxygen atoms in total. The number of hydrogen-bond donors (Lipinski definition) is 3. The van der Waals surface area contributed by atoms with Crippen LogP contribution < -0.4 is 15.8 Å². The van der Waals surface area contributed by atoms with E-state index in [1.165, 1.54) is 11.1 Å². The number of hydrogen-bond acceptors (Lipinski definition) is 4. The Hall–Kier alpha value is -1.59. The van der Waals surface area contributed by atoms with E-state index in [4.69, 9.17) is 15.6 Å². The van der Waals surface area contributed by atoms with Crippen LogP contribution in [0.5, 0.6) is 5.75 Å². The summed E-state index contributed by atoms with van der Waals surface area (Å²) in [6.07, 6.45) is -0.0202. The van der Waals surface area contributed by atoms with Gasteiger partial charge in [-0.15, -0.1) is 0 Å². The third-order valence-electron chi connectivity index (χ3n) is 3.23. The third-order valence-corrected chi connectivity index (χ3v) is 3.23. The van der Waals surface area contributed by atoms with Crippen molar-refractivity contribution in [2.45, 2.75) is 32.9 Å². The normalized spacial score (nSPS) is 12.2. The molecule has 1 aromatic rings. The molecule has 1 aromatic carbocycles. The van der Waals surface area contributed by atoms with Gasteiger partial charge in [-0.2, -0.15) is 0 Å². The van der Waals surface area contributed by atoms with Gasteiger partial charge in [0.25, 0.3) is 0 Å². The molecule has 0 aliphatic heterocycles. The fraction of sp³-hybridized carbons (Fsp3) is 0.500. The van der Waals surface area contributed by atoms with Crippen LogP contribution in [0.15, 0.2) is 12.1 Å². The molecule has 0 saturated carbocycles. The summed E-state index contributed by atoms with van der Waals surface area (Å²) in [5, 5.41) is 11.8. The van der Waals surface area contributed by atoms with Crippen molar-refractivity contribution in [3.63, 3.8) is 0 Å². The Kier molecular flexibility index (Phi) is 5.79. The highest BCUT2D eigenvalue weighted by molar-refractivity contribution is 5.67. The van der Waals surface area contributed by atoms with E-state index in [1.54, 1.807) is 7.11 Å². The van der Waals surface area contributed by atoms with Crippen LogP contribution in [0.3, 0.4) is 0 Å². The lowest BCUT2D eigenvalue weighted by Crippen LogP contribution is -2.35. The van der Waals surface area contributed by atoms with Gasteiger partial charge < -0.3 is 20.9 Å². The second kappa shape index (κ2) is 7.11. The van der Waals surface area contributed by atoms with E-state index < -0.39 is 5.97 Å². The molecule has 5 heteroatoms. The van der Waals surface area contributed by atoms with Crippen molar-refractivity contribution in [3.05, 3.63) is 28.8 Å². The zero-order valence-corrected chi connectivity index (χ0v) is 11.7. The summed E-state index contributed by atoms with van der Waals surface area (Å²) in [6.45, 7) is 5.22. The van der Waals surface area contributed by atoms with Gasteiger partial charge in [-0.05, 0) is 36.6 Å². The molecule has 0 bridgehead atoms. The standard InChI is InChI=1S/C14H22N2O3/c1-9-10(2)13(19-3)5-4-11(9)7-16-8-12(15)6-14(17)18/h4-5,12,16H,6-8,15H2,1-3H3,(H,17,18). The van der Waals surface area contributed by atoms with Crippen molar-refractivity contribution in [3.8, 4) is 5.75 Å². The Morgan fingerprint density at radius 2 is 2.11 bits per heavy atom. The molecule has 106 valence electrons. The molecule has 19 heavy (non-hydrogen) atoms. The number of carbonyl (C=O) groups is 1. The zero-order chi connectivity index (χ0) is 14.4. The summed E-state index contributed by atoms with van der Waals surface area (Å²) in [4.78, 5) is 10.5. The van der Waals surface area contributed by atoms with Gasteiger partial charge in [0.1, 0.15) is 5.75 Å². The number of methoxy groups -OCH3 is 1. The van der Waals surface area contributed by atoms with Crippen LogP contribution in [0, 0.1) is 13.8 Å². The maximum atomic E-state index is 10.5. The fourth-order valence-corrected chi connectivity index (χ4v) is 1.95. The molecule has 1 atom stereocenters. The lowest BCUT2D eigenvalue weighted by atomic mass is 10.0. The van der Waals surface area contributed by atoms with E-state index in [9.17, 15) is 4.79 Å². The van der Waals surface area contributed by atoms with Crippen LogP contribution in [0.25, 0.3) is 0 Å². The summed E-state index contributed by atoms with van der Waals surface area (Å²) >= 11 is 0. The fourth-order valence-electron chi connectivity index (χ4n) is 1.95. The molecule has 0 saturated heterocycles. The van der Waals surface area contributed by atoms with E-state index in [2.05, 4.69) is 5.32 Å². The second-order valence-electron chi connectivity index (χ2n) is 4.67. The lowest BCUT2D eigenvalue weighted by Gasteiger charge is -2.14.